The molecule has 0 aliphatic heterocycles. The van der Waals surface area contributed by atoms with Crippen LogP contribution in [0.3, 0.4) is 0 Å². The standard InChI is InChI=1S/C10H5ClFNO2/c11-9-6-4-8(12)7(10(14)15)3-5(6)1-2-13-9/h1-4H,(H,14,15). The first kappa shape index (κ1) is 9.86. The van der Waals surface area contributed by atoms with Gasteiger partial charge in [0.2, 0.25) is 0 Å². The van der Waals surface area contributed by atoms with E-state index in [-0.39, 0.29) is 10.7 Å². The SMILES string of the molecule is O=C(O)c1cc2ccnc(Cl)c2cc1F. The second kappa shape index (κ2) is 3.47. The number of carboxylic acids is 1. The Morgan fingerprint density at radius 1 is 1.47 bits per heavy atom. The zero-order valence-corrected chi connectivity index (χ0v) is 8.12. The first-order valence-corrected chi connectivity index (χ1v) is 4.44. The second-order valence-corrected chi connectivity index (χ2v) is 3.32. The third-order valence-electron chi connectivity index (χ3n) is 2.03. The summed E-state index contributed by atoms with van der Waals surface area (Å²) in [7, 11) is 0. The highest BCUT2D eigenvalue weighted by atomic mass is 35.5. The number of carbonyl (C=O) groups is 1. The molecule has 1 aromatic heterocycles. The smallest absolute Gasteiger partial charge is 0.338 e. The summed E-state index contributed by atoms with van der Waals surface area (Å²) in [5, 5.41) is 9.82. The molecule has 0 saturated heterocycles. The lowest BCUT2D eigenvalue weighted by molar-refractivity contribution is 0.0692. The van der Waals surface area contributed by atoms with Crippen LogP contribution in [0.5, 0.6) is 0 Å². The van der Waals surface area contributed by atoms with Crippen molar-refractivity contribution in [2.45, 2.75) is 0 Å². The summed E-state index contributed by atoms with van der Waals surface area (Å²) in [6.07, 6.45) is 1.44. The van der Waals surface area contributed by atoms with Crippen molar-refractivity contribution in [3.8, 4) is 0 Å². The lowest BCUT2D eigenvalue weighted by Gasteiger charge is -2.02. The summed E-state index contributed by atoms with van der Waals surface area (Å²) in [5.41, 5.74) is -0.371. The fourth-order valence-electron chi connectivity index (χ4n) is 1.32. The number of fused-ring (bicyclic) bond motifs is 1. The summed E-state index contributed by atoms with van der Waals surface area (Å²) in [6.45, 7) is 0. The van der Waals surface area contributed by atoms with E-state index in [4.69, 9.17) is 16.7 Å². The quantitative estimate of drug-likeness (QED) is 0.760. The molecular weight excluding hydrogens is 221 g/mol. The number of aromatic nitrogens is 1. The second-order valence-electron chi connectivity index (χ2n) is 2.96. The van der Waals surface area contributed by atoms with Gasteiger partial charge in [0.1, 0.15) is 11.0 Å². The first-order valence-electron chi connectivity index (χ1n) is 4.06. The molecule has 0 bridgehead atoms. The summed E-state index contributed by atoms with van der Waals surface area (Å²) >= 11 is 5.74. The molecule has 1 aromatic carbocycles. The number of pyridine rings is 1. The Balaban J connectivity index is 2.82. The van der Waals surface area contributed by atoms with E-state index in [0.717, 1.165) is 6.07 Å². The first-order chi connectivity index (χ1) is 7.09. The molecule has 0 atom stereocenters. The Hall–Kier alpha value is -1.68. The maximum Gasteiger partial charge on any atom is 0.338 e. The highest BCUT2D eigenvalue weighted by molar-refractivity contribution is 6.34. The fourth-order valence-corrected chi connectivity index (χ4v) is 1.54. The Bertz CT molecular complexity index is 556. The number of benzene rings is 1. The number of nitrogens with zero attached hydrogens (tertiary/aromatic N) is 1. The van der Waals surface area contributed by atoms with Crippen LogP contribution in [0.4, 0.5) is 4.39 Å². The van der Waals surface area contributed by atoms with Gasteiger partial charge in [0, 0.05) is 11.6 Å². The van der Waals surface area contributed by atoms with E-state index in [1.54, 1.807) is 6.07 Å². The molecule has 1 N–H and O–H groups in total. The molecule has 0 unspecified atom stereocenters. The van der Waals surface area contributed by atoms with Gasteiger partial charge in [-0.15, -0.1) is 0 Å². The topological polar surface area (TPSA) is 50.2 Å². The van der Waals surface area contributed by atoms with E-state index in [2.05, 4.69) is 4.98 Å². The molecule has 2 aromatic rings. The number of carboxylic acid groups (broad SMARTS) is 1. The molecule has 0 amide bonds. The minimum atomic E-state index is -1.30. The van der Waals surface area contributed by atoms with Crippen LogP contribution in [0.2, 0.25) is 5.15 Å². The lowest BCUT2D eigenvalue weighted by Crippen LogP contribution is -2.00. The Morgan fingerprint density at radius 2 is 2.20 bits per heavy atom. The van der Waals surface area contributed by atoms with Gasteiger partial charge in [0.05, 0.1) is 5.56 Å². The van der Waals surface area contributed by atoms with Crippen LogP contribution in [0.25, 0.3) is 10.8 Å². The zero-order valence-electron chi connectivity index (χ0n) is 7.37. The zero-order chi connectivity index (χ0) is 11.0. The van der Waals surface area contributed by atoms with Crippen LogP contribution < -0.4 is 0 Å². The van der Waals surface area contributed by atoms with Crippen molar-refractivity contribution < 1.29 is 14.3 Å². The fraction of sp³-hybridized carbons (Fsp3) is 0. The lowest BCUT2D eigenvalue weighted by atomic mass is 10.1. The molecule has 3 nitrogen and oxygen atoms in total. The average Bonchev–Trinajstić information content (AvgIpc) is 2.18. The van der Waals surface area contributed by atoms with E-state index in [1.807, 2.05) is 0 Å². The van der Waals surface area contributed by atoms with E-state index in [1.165, 1.54) is 12.3 Å². The summed E-state index contributed by atoms with van der Waals surface area (Å²) in [4.78, 5) is 14.4. The molecule has 0 aliphatic rings. The van der Waals surface area contributed by atoms with Crippen LogP contribution in [0.15, 0.2) is 24.4 Å². The molecule has 5 heteroatoms. The highest BCUT2D eigenvalue weighted by Gasteiger charge is 2.12. The van der Waals surface area contributed by atoms with Crippen LogP contribution >= 0.6 is 11.6 Å². The minimum Gasteiger partial charge on any atom is -0.478 e. The maximum atomic E-state index is 13.3. The molecule has 0 aliphatic carbocycles. The van der Waals surface area contributed by atoms with Crippen LogP contribution in [-0.2, 0) is 0 Å². The van der Waals surface area contributed by atoms with Gasteiger partial charge in [-0.05, 0) is 23.6 Å². The molecular formula is C10H5ClFNO2. The summed E-state index contributed by atoms with van der Waals surface area (Å²) < 4.78 is 13.3. The van der Waals surface area contributed by atoms with Crippen LogP contribution in [0, 0.1) is 5.82 Å². The summed E-state index contributed by atoms with van der Waals surface area (Å²) in [6, 6.07) is 3.89. The molecule has 76 valence electrons. The summed E-state index contributed by atoms with van der Waals surface area (Å²) in [5.74, 6) is -2.12. The average molecular weight is 226 g/mol. The third kappa shape index (κ3) is 1.64. The molecule has 0 fully saturated rings. The molecule has 0 saturated carbocycles. The monoisotopic (exact) mass is 225 g/mol. The Morgan fingerprint density at radius 3 is 2.87 bits per heavy atom. The van der Waals surface area contributed by atoms with Crippen molar-refractivity contribution in [1.29, 1.82) is 0 Å². The number of rotatable bonds is 1. The van der Waals surface area contributed by atoms with Gasteiger partial charge in [-0.25, -0.2) is 14.2 Å². The van der Waals surface area contributed by atoms with Crippen molar-refractivity contribution >= 4 is 28.3 Å². The van der Waals surface area contributed by atoms with Gasteiger partial charge < -0.3 is 5.11 Å². The van der Waals surface area contributed by atoms with Crippen molar-refractivity contribution in [2.75, 3.05) is 0 Å². The van der Waals surface area contributed by atoms with Crippen molar-refractivity contribution in [1.82, 2.24) is 4.98 Å². The number of halogens is 2. The normalized spacial score (nSPS) is 10.5. The number of hydrogen-bond acceptors (Lipinski definition) is 2. The van der Waals surface area contributed by atoms with Crippen LogP contribution in [0.1, 0.15) is 10.4 Å². The maximum absolute atomic E-state index is 13.3. The number of hydrogen-bond donors (Lipinski definition) is 1. The van der Waals surface area contributed by atoms with Gasteiger partial charge >= 0.3 is 5.97 Å². The van der Waals surface area contributed by atoms with Gasteiger partial charge in [-0.1, -0.05) is 11.6 Å². The number of aromatic carboxylic acids is 1. The van der Waals surface area contributed by atoms with E-state index in [9.17, 15) is 9.18 Å². The molecule has 1 heterocycles. The minimum absolute atomic E-state index is 0.156. The highest BCUT2D eigenvalue weighted by Crippen LogP contribution is 2.24. The third-order valence-corrected chi connectivity index (χ3v) is 2.34. The van der Waals surface area contributed by atoms with Crippen molar-refractivity contribution in [3.05, 3.63) is 40.9 Å². The van der Waals surface area contributed by atoms with E-state index in [0.29, 0.717) is 10.8 Å². The predicted octanol–water partition coefficient (Wildman–Crippen LogP) is 2.73. The molecule has 15 heavy (non-hydrogen) atoms. The van der Waals surface area contributed by atoms with Crippen molar-refractivity contribution in [2.24, 2.45) is 0 Å². The Kier molecular flexibility index (Phi) is 2.28. The van der Waals surface area contributed by atoms with Gasteiger partial charge in [0.15, 0.2) is 0 Å². The Labute approximate surface area is 89.1 Å². The van der Waals surface area contributed by atoms with Gasteiger partial charge in [-0.2, -0.15) is 0 Å². The van der Waals surface area contributed by atoms with E-state index < -0.39 is 11.8 Å². The molecule has 0 spiro atoms. The van der Waals surface area contributed by atoms with Crippen molar-refractivity contribution in [3.63, 3.8) is 0 Å². The van der Waals surface area contributed by atoms with Gasteiger partial charge in [-0.3, -0.25) is 0 Å². The predicted molar refractivity (Wildman–Crippen MR) is 53.7 cm³/mol. The molecule has 0 radical (unpaired) electrons. The molecule has 2 rings (SSSR count). The van der Waals surface area contributed by atoms with E-state index >= 15 is 0 Å². The largest absolute Gasteiger partial charge is 0.478 e. The van der Waals surface area contributed by atoms with Gasteiger partial charge in [0.25, 0.3) is 0 Å². The van der Waals surface area contributed by atoms with Crippen LogP contribution in [-0.4, -0.2) is 16.1 Å².